The van der Waals surface area contributed by atoms with E-state index >= 15 is 0 Å². The maximum atomic E-state index is 6.11. The number of para-hydroxylation sites is 2. The lowest BCUT2D eigenvalue weighted by molar-refractivity contribution is 0.620. The van der Waals surface area contributed by atoms with E-state index in [0.717, 1.165) is 80.7 Å². The van der Waals surface area contributed by atoms with E-state index in [1.807, 2.05) is 48.5 Å². The standard InChI is InChI=1S/C32H27N7O/c1-3-4-16-30-33-25-18-17-21(32-34-26-13-7-8-15-29(26)40-32)19-28(25)39(30)27-14-9-12-22(20(27)2)23-10-5-6-11-24(23)31-35-37-38-36-31/h5-15,17-19H,3-4,16H2,1-2H3,(H,35,36,37,38). The molecule has 0 saturated carbocycles. The summed E-state index contributed by atoms with van der Waals surface area (Å²) in [5, 5.41) is 14.7. The molecule has 0 aliphatic carbocycles. The molecule has 1 N–H and O–H groups in total. The number of unbranched alkanes of at least 4 members (excludes halogenated alkanes) is 1. The molecule has 8 heteroatoms. The van der Waals surface area contributed by atoms with Crippen LogP contribution in [0, 0.1) is 6.92 Å². The third kappa shape index (κ3) is 4.05. The molecular formula is C32H27N7O. The van der Waals surface area contributed by atoms with Crippen molar-refractivity contribution in [1.82, 2.24) is 35.2 Å². The second-order valence-electron chi connectivity index (χ2n) is 9.90. The Morgan fingerprint density at radius 3 is 2.48 bits per heavy atom. The van der Waals surface area contributed by atoms with Crippen LogP contribution < -0.4 is 0 Å². The number of hydrogen-bond acceptors (Lipinski definition) is 6. The van der Waals surface area contributed by atoms with Gasteiger partial charge in [-0.15, -0.1) is 5.10 Å². The van der Waals surface area contributed by atoms with E-state index in [1.165, 1.54) is 0 Å². The van der Waals surface area contributed by atoms with Crippen molar-refractivity contribution in [3.8, 4) is 39.7 Å². The van der Waals surface area contributed by atoms with Gasteiger partial charge in [0.15, 0.2) is 11.4 Å². The SMILES string of the molecule is CCCCc1nc2ccc(-c3nc4ccccc4o3)cc2n1-c1cccc(-c2ccccc2-c2nnn[nH]2)c1C. The molecule has 0 aliphatic heterocycles. The molecular weight excluding hydrogens is 498 g/mol. The maximum Gasteiger partial charge on any atom is 0.227 e. The van der Waals surface area contributed by atoms with Crippen LogP contribution in [0.2, 0.25) is 0 Å². The lowest BCUT2D eigenvalue weighted by Crippen LogP contribution is -2.04. The minimum atomic E-state index is 0.603. The average molecular weight is 526 g/mol. The van der Waals surface area contributed by atoms with Crippen molar-refractivity contribution in [1.29, 1.82) is 0 Å². The Kier molecular flexibility index (Phi) is 5.92. The smallest absolute Gasteiger partial charge is 0.227 e. The van der Waals surface area contributed by atoms with Gasteiger partial charge in [0.05, 0.1) is 16.7 Å². The third-order valence-corrected chi connectivity index (χ3v) is 7.38. The van der Waals surface area contributed by atoms with Crippen LogP contribution in [-0.4, -0.2) is 35.2 Å². The van der Waals surface area contributed by atoms with E-state index in [4.69, 9.17) is 14.4 Å². The number of oxazole rings is 1. The Morgan fingerprint density at radius 2 is 1.65 bits per heavy atom. The van der Waals surface area contributed by atoms with Crippen molar-refractivity contribution in [2.45, 2.75) is 33.1 Å². The molecule has 40 heavy (non-hydrogen) atoms. The van der Waals surface area contributed by atoms with Crippen LogP contribution in [0.5, 0.6) is 0 Å². The highest BCUT2D eigenvalue weighted by atomic mass is 16.3. The van der Waals surface area contributed by atoms with Gasteiger partial charge >= 0.3 is 0 Å². The second kappa shape index (κ2) is 9.89. The fourth-order valence-corrected chi connectivity index (χ4v) is 5.38. The third-order valence-electron chi connectivity index (χ3n) is 7.38. The van der Waals surface area contributed by atoms with Crippen LogP contribution >= 0.6 is 0 Å². The molecule has 0 radical (unpaired) electrons. The molecule has 0 fully saturated rings. The van der Waals surface area contributed by atoms with Crippen molar-refractivity contribution in [2.24, 2.45) is 0 Å². The lowest BCUT2D eigenvalue weighted by Gasteiger charge is -2.17. The van der Waals surface area contributed by atoms with Crippen molar-refractivity contribution in [2.75, 3.05) is 0 Å². The van der Waals surface area contributed by atoms with E-state index in [0.29, 0.717) is 11.7 Å². The number of rotatable bonds is 7. The van der Waals surface area contributed by atoms with Gasteiger partial charge in [-0.3, -0.25) is 4.57 Å². The Morgan fingerprint density at radius 1 is 0.825 bits per heavy atom. The first-order valence-electron chi connectivity index (χ1n) is 13.5. The minimum absolute atomic E-state index is 0.603. The number of H-pyrrole nitrogens is 1. The van der Waals surface area contributed by atoms with E-state index in [9.17, 15) is 0 Å². The van der Waals surface area contributed by atoms with Gasteiger partial charge in [0.2, 0.25) is 5.89 Å². The molecule has 0 aliphatic rings. The maximum absolute atomic E-state index is 6.11. The first-order chi connectivity index (χ1) is 19.7. The number of aromatic amines is 1. The first-order valence-corrected chi connectivity index (χ1v) is 13.5. The predicted molar refractivity (Wildman–Crippen MR) is 156 cm³/mol. The van der Waals surface area contributed by atoms with Crippen LogP contribution in [0.25, 0.3) is 61.8 Å². The molecule has 0 spiro atoms. The van der Waals surface area contributed by atoms with Crippen molar-refractivity contribution < 1.29 is 4.42 Å². The molecule has 0 saturated heterocycles. The number of aromatic nitrogens is 7. The van der Waals surface area contributed by atoms with Gasteiger partial charge in [-0.1, -0.05) is 61.9 Å². The monoisotopic (exact) mass is 525 g/mol. The molecule has 196 valence electrons. The minimum Gasteiger partial charge on any atom is -0.436 e. The summed E-state index contributed by atoms with van der Waals surface area (Å²) in [6.45, 7) is 4.37. The summed E-state index contributed by atoms with van der Waals surface area (Å²) in [6.07, 6.45) is 3.03. The lowest BCUT2D eigenvalue weighted by atomic mass is 9.94. The summed E-state index contributed by atoms with van der Waals surface area (Å²) in [4.78, 5) is 9.82. The molecule has 3 aromatic heterocycles. The highest BCUT2D eigenvalue weighted by molar-refractivity contribution is 5.87. The number of aryl methyl sites for hydroxylation is 1. The number of imidazole rings is 1. The Balaban J connectivity index is 1.42. The predicted octanol–water partition coefficient (Wildman–Crippen LogP) is 7.33. The molecule has 0 amide bonds. The number of fused-ring (bicyclic) bond motifs is 2. The summed E-state index contributed by atoms with van der Waals surface area (Å²) < 4.78 is 8.41. The fraction of sp³-hybridized carbons (Fsp3) is 0.156. The summed E-state index contributed by atoms with van der Waals surface area (Å²) in [7, 11) is 0. The van der Waals surface area contributed by atoms with Gasteiger partial charge in [-0.05, 0) is 76.9 Å². The normalized spacial score (nSPS) is 11.6. The van der Waals surface area contributed by atoms with E-state index < -0.39 is 0 Å². The van der Waals surface area contributed by atoms with Crippen LogP contribution in [0.1, 0.15) is 31.2 Å². The number of tetrazole rings is 1. The molecule has 0 bridgehead atoms. The highest BCUT2D eigenvalue weighted by Gasteiger charge is 2.19. The van der Waals surface area contributed by atoms with E-state index in [2.05, 4.69) is 75.4 Å². The van der Waals surface area contributed by atoms with Crippen molar-refractivity contribution in [3.63, 3.8) is 0 Å². The summed E-state index contributed by atoms with van der Waals surface area (Å²) >= 11 is 0. The fourth-order valence-electron chi connectivity index (χ4n) is 5.38. The summed E-state index contributed by atoms with van der Waals surface area (Å²) in [5.74, 6) is 2.28. The van der Waals surface area contributed by atoms with Gasteiger partial charge < -0.3 is 4.42 Å². The average Bonchev–Trinajstić information content (AvgIpc) is 3.75. The molecule has 0 atom stereocenters. The van der Waals surface area contributed by atoms with Crippen molar-refractivity contribution in [3.05, 3.63) is 96.3 Å². The molecule has 7 aromatic rings. The topological polar surface area (TPSA) is 98.3 Å². The van der Waals surface area contributed by atoms with Gasteiger partial charge in [0, 0.05) is 17.5 Å². The van der Waals surface area contributed by atoms with Gasteiger partial charge in [-0.25, -0.2) is 15.1 Å². The van der Waals surface area contributed by atoms with Gasteiger partial charge in [0.25, 0.3) is 0 Å². The largest absolute Gasteiger partial charge is 0.436 e. The first kappa shape index (κ1) is 24.0. The molecule has 8 nitrogen and oxygen atoms in total. The van der Waals surface area contributed by atoms with Crippen LogP contribution in [0.15, 0.2) is 89.3 Å². The van der Waals surface area contributed by atoms with E-state index in [1.54, 1.807) is 0 Å². The number of nitrogens with one attached hydrogen (secondary N) is 1. The van der Waals surface area contributed by atoms with Gasteiger partial charge in [0.1, 0.15) is 11.3 Å². The molecule has 7 rings (SSSR count). The molecule has 4 aromatic carbocycles. The quantitative estimate of drug-likeness (QED) is 0.234. The van der Waals surface area contributed by atoms with Crippen LogP contribution in [0.4, 0.5) is 0 Å². The number of hydrogen-bond donors (Lipinski definition) is 1. The van der Waals surface area contributed by atoms with Crippen molar-refractivity contribution >= 4 is 22.1 Å². The summed E-state index contributed by atoms with van der Waals surface area (Å²) in [6, 6.07) is 28.7. The zero-order chi connectivity index (χ0) is 27.1. The second-order valence-corrected chi connectivity index (χ2v) is 9.90. The molecule has 0 unspecified atom stereocenters. The Hall–Kier alpha value is -5.11. The highest BCUT2D eigenvalue weighted by Crippen LogP contribution is 2.36. The zero-order valence-corrected chi connectivity index (χ0v) is 22.3. The van der Waals surface area contributed by atoms with Gasteiger partial charge in [-0.2, -0.15) is 0 Å². The number of benzene rings is 4. The zero-order valence-electron chi connectivity index (χ0n) is 22.3. The number of nitrogens with zero attached hydrogens (tertiary/aromatic N) is 6. The van der Waals surface area contributed by atoms with Crippen LogP contribution in [0.3, 0.4) is 0 Å². The van der Waals surface area contributed by atoms with E-state index in [-0.39, 0.29) is 0 Å². The van der Waals surface area contributed by atoms with Crippen LogP contribution in [-0.2, 0) is 6.42 Å². The Labute approximate surface area is 230 Å². The summed E-state index contributed by atoms with van der Waals surface area (Å²) in [5.41, 5.74) is 9.88. The Bertz CT molecular complexity index is 1930. The molecule has 3 heterocycles.